The van der Waals surface area contributed by atoms with Crippen LogP contribution in [-0.2, 0) is 17.7 Å². The number of anilines is 1. The molecule has 0 saturated carbocycles. The molecule has 0 spiro atoms. The maximum Gasteiger partial charge on any atom is 0.352 e. The average molecular weight is 392 g/mol. The number of morpholine rings is 1. The van der Waals surface area contributed by atoms with E-state index in [1.165, 1.54) is 5.56 Å². The zero-order valence-corrected chi connectivity index (χ0v) is 14.7. The van der Waals surface area contributed by atoms with Gasteiger partial charge in [-0.3, -0.25) is 4.57 Å². The van der Waals surface area contributed by atoms with Gasteiger partial charge in [0.2, 0.25) is 5.88 Å². The van der Waals surface area contributed by atoms with E-state index in [-0.39, 0.29) is 11.7 Å². The number of halogens is 1. The predicted octanol–water partition coefficient (Wildman–Crippen LogP) is 1.85. The molecule has 1 aromatic carbocycles. The molecular weight excluding hydrogens is 374 g/mol. The number of hydrogen-bond acceptors (Lipinski definition) is 5. The van der Waals surface area contributed by atoms with E-state index in [4.69, 9.17) is 9.47 Å². The third-order valence-electron chi connectivity index (χ3n) is 4.43. The number of ether oxygens (including phenoxy) is 2. The first-order valence-electron chi connectivity index (χ1n) is 8.04. The molecule has 1 atom stereocenters. The highest BCUT2D eigenvalue weighted by Gasteiger charge is 2.33. The normalized spacial score (nSPS) is 19.0. The van der Waals surface area contributed by atoms with Gasteiger partial charge in [-0.2, -0.15) is 4.98 Å². The third-order valence-corrected chi connectivity index (χ3v) is 4.96. The summed E-state index contributed by atoms with van der Waals surface area (Å²) in [6.45, 7) is 3.27. The topological polar surface area (TPSA) is 56.6 Å². The van der Waals surface area contributed by atoms with E-state index >= 15 is 0 Å². The zero-order valence-electron chi connectivity index (χ0n) is 13.2. The lowest BCUT2D eigenvalue weighted by molar-refractivity contribution is 0.0956. The first-order valence-corrected chi connectivity index (χ1v) is 8.83. The number of benzene rings is 1. The molecule has 2 aromatic rings. The molecule has 24 heavy (non-hydrogen) atoms. The van der Waals surface area contributed by atoms with Crippen molar-refractivity contribution in [2.75, 3.05) is 31.3 Å². The summed E-state index contributed by atoms with van der Waals surface area (Å²) in [5.74, 6) is 1.29. The highest BCUT2D eigenvalue weighted by atomic mass is 79.9. The highest BCUT2D eigenvalue weighted by molar-refractivity contribution is 9.10. The number of nitrogens with zero attached hydrogens (tertiary/aromatic N) is 3. The van der Waals surface area contributed by atoms with Crippen LogP contribution in [0.5, 0.6) is 5.88 Å². The molecular formula is C17H18BrN3O3. The molecule has 6 nitrogen and oxygen atoms in total. The van der Waals surface area contributed by atoms with Gasteiger partial charge in [-0.15, -0.1) is 0 Å². The van der Waals surface area contributed by atoms with Crippen LogP contribution >= 0.6 is 15.9 Å². The quantitative estimate of drug-likeness (QED) is 0.795. The molecule has 1 fully saturated rings. The number of aromatic nitrogens is 2. The summed E-state index contributed by atoms with van der Waals surface area (Å²) in [5, 5.41) is 0. The Bertz CT molecular complexity index is 791. The Morgan fingerprint density at radius 1 is 1.33 bits per heavy atom. The Labute approximate surface area is 148 Å². The Hall–Kier alpha value is -1.86. The molecule has 1 unspecified atom stereocenters. The molecule has 0 bridgehead atoms. The minimum Gasteiger partial charge on any atom is -0.477 e. The smallest absolute Gasteiger partial charge is 0.352 e. The van der Waals surface area contributed by atoms with E-state index in [2.05, 4.69) is 37.9 Å². The molecule has 4 rings (SSSR count). The summed E-state index contributed by atoms with van der Waals surface area (Å²) < 4.78 is 14.0. The number of hydrogen-bond donors (Lipinski definition) is 0. The summed E-state index contributed by atoms with van der Waals surface area (Å²) in [6, 6.07) is 10.2. The van der Waals surface area contributed by atoms with E-state index in [9.17, 15) is 4.79 Å². The first kappa shape index (κ1) is 15.7. The van der Waals surface area contributed by atoms with E-state index in [0.717, 1.165) is 23.3 Å². The van der Waals surface area contributed by atoms with Gasteiger partial charge >= 0.3 is 5.69 Å². The van der Waals surface area contributed by atoms with Crippen LogP contribution in [0.15, 0.2) is 39.6 Å². The Kier molecular flexibility index (Phi) is 4.28. The van der Waals surface area contributed by atoms with Gasteiger partial charge in [-0.1, -0.05) is 28.1 Å². The van der Waals surface area contributed by atoms with E-state index in [1.807, 2.05) is 18.2 Å². The van der Waals surface area contributed by atoms with Gasteiger partial charge in [0.15, 0.2) is 0 Å². The van der Waals surface area contributed by atoms with Crippen molar-refractivity contribution >= 4 is 21.7 Å². The van der Waals surface area contributed by atoms with Crippen molar-refractivity contribution in [3.05, 3.63) is 50.9 Å². The molecule has 1 saturated heterocycles. The zero-order chi connectivity index (χ0) is 16.5. The highest BCUT2D eigenvalue weighted by Crippen LogP contribution is 2.28. The molecule has 0 aliphatic carbocycles. The average Bonchev–Trinajstić information content (AvgIpc) is 2.96. The van der Waals surface area contributed by atoms with Crippen molar-refractivity contribution in [2.24, 2.45) is 0 Å². The van der Waals surface area contributed by atoms with E-state index in [1.54, 1.807) is 4.57 Å². The van der Waals surface area contributed by atoms with Crippen molar-refractivity contribution in [1.29, 1.82) is 0 Å². The van der Waals surface area contributed by atoms with Crippen LogP contribution in [0.2, 0.25) is 0 Å². The van der Waals surface area contributed by atoms with Crippen molar-refractivity contribution in [2.45, 2.75) is 19.0 Å². The Morgan fingerprint density at radius 3 is 3.00 bits per heavy atom. The molecule has 126 valence electrons. The van der Waals surface area contributed by atoms with Crippen LogP contribution in [0, 0.1) is 0 Å². The van der Waals surface area contributed by atoms with Crippen molar-refractivity contribution < 1.29 is 9.47 Å². The van der Waals surface area contributed by atoms with Gasteiger partial charge in [0, 0.05) is 23.5 Å². The fraction of sp³-hybridized carbons (Fsp3) is 0.412. The molecule has 0 N–H and O–H groups in total. The molecule has 7 heteroatoms. The van der Waals surface area contributed by atoms with Gasteiger partial charge in [0.05, 0.1) is 32.4 Å². The Morgan fingerprint density at radius 2 is 2.17 bits per heavy atom. The second-order valence-corrected chi connectivity index (χ2v) is 6.91. The predicted molar refractivity (Wildman–Crippen MR) is 93.8 cm³/mol. The first-order chi connectivity index (χ1) is 11.7. The van der Waals surface area contributed by atoms with Crippen LogP contribution in [0.25, 0.3) is 0 Å². The number of fused-ring (bicyclic) bond motifs is 3. The SMILES string of the molecule is O=c1nc(OCCc2ccc(Br)cc2)cc2n1CC1COCCN21. The summed E-state index contributed by atoms with van der Waals surface area (Å²) in [6.07, 6.45) is 0.771. The van der Waals surface area contributed by atoms with Crippen LogP contribution in [-0.4, -0.2) is 42.0 Å². The van der Waals surface area contributed by atoms with Gasteiger partial charge in [0.1, 0.15) is 5.82 Å². The summed E-state index contributed by atoms with van der Waals surface area (Å²) >= 11 is 3.42. The fourth-order valence-corrected chi connectivity index (χ4v) is 3.46. The van der Waals surface area contributed by atoms with Crippen LogP contribution in [0.1, 0.15) is 5.56 Å². The summed E-state index contributed by atoms with van der Waals surface area (Å²) in [4.78, 5) is 18.5. The molecule has 0 radical (unpaired) electrons. The van der Waals surface area contributed by atoms with Crippen molar-refractivity contribution in [3.63, 3.8) is 0 Å². The van der Waals surface area contributed by atoms with E-state index in [0.29, 0.717) is 32.2 Å². The Balaban J connectivity index is 1.46. The maximum absolute atomic E-state index is 12.2. The van der Waals surface area contributed by atoms with Crippen molar-refractivity contribution in [3.8, 4) is 5.88 Å². The largest absolute Gasteiger partial charge is 0.477 e. The minimum atomic E-state index is -0.249. The standard InChI is InChI=1S/C17H18BrN3O3/c18-13-3-1-12(2-4-13)5-7-24-15-9-16-20-6-8-23-11-14(20)10-21(16)17(22)19-15/h1-4,9,14H,5-8,10-11H2. The minimum absolute atomic E-state index is 0.228. The third kappa shape index (κ3) is 3.06. The second kappa shape index (κ2) is 6.57. The summed E-state index contributed by atoms with van der Waals surface area (Å²) in [5.41, 5.74) is 0.935. The van der Waals surface area contributed by atoms with Gasteiger partial charge in [-0.25, -0.2) is 4.79 Å². The van der Waals surface area contributed by atoms with Gasteiger partial charge < -0.3 is 14.4 Å². The molecule has 3 heterocycles. The summed E-state index contributed by atoms with van der Waals surface area (Å²) in [7, 11) is 0. The van der Waals surface area contributed by atoms with Gasteiger partial charge in [-0.05, 0) is 17.7 Å². The van der Waals surface area contributed by atoms with Crippen LogP contribution in [0.3, 0.4) is 0 Å². The lowest BCUT2D eigenvalue weighted by Gasteiger charge is -2.30. The maximum atomic E-state index is 12.2. The van der Waals surface area contributed by atoms with Crippen molar-refractivity contribution in [1.82, 2.24) is 9.55 Å². The molecule has 2 aliphatic rings. The van der Waals surface area contributed by atoms with E-state index < -0.39 is 0 Å². The lowest BCUT2D eigenvalue weighted by Crippen LogP contribution is -2.43. The monoisotopic (exact) mass is 391 g/mol. The molecule has 0 amide bonds. The lowest BCUT2D eigenvalue weighted by atomic mass is 10.2. The van der Waals surface area contributed by atoms with Crippen LogP contribution in [0.4, 0.5) is 5.82 Å². The van der Waals surface area contributed by atoms with Crippen LogP contribution < -0.4 is 15.3 Å². The molecule has 2 aliphatic heterocycles. The molecule has 1 aromatic heterocycles. The number of rotatable bonds is 4. The van der Waals surface area contributed by atoms with Gasteiger partial charge in [0.25, 0.3) is 0 Å². The second-order valence-electron chi connectivity index (χ2n) is 5.99. The fourth-order valence-electron chi connectivity index (χ4n) is 3.20.